The zero-order chi connectivity index (χ0) is 9.54. The van der Waals surface area contributed by atoms with Crippen LogP contribution >= 0.6 is 11.3 Å². The minimum atomic E-state index is 0.204. The summed E-state index contributed by atoms with van der Waals surface area (Å²) in [5.41, 5.74) is 5.89. The Kier molecular flexibility index (Phi) is 1.72. The zero-order valence-electron chi connectivity index (χ0n) is 7.73. The summed E-state index contributed by atoms with van der Waals surface area (Å²) in [5.74, 6) is 0. The fourth-order valence-corrected chi connectivity index (χ4v) is 3.15. The van der Waals surface area contributed by atoms with Gasteiger partial charge in [-0.15, -0.1) is 11.3 Å². The van der Waals surface area contributed by atoms with Gasteiger partial charge in [-0.25, -0.2) is 0 Å². The summed E-state index contributed by atoms with van der Waals surface area (Å²) in [6.45, 7) is 0. The maximum atomic E-state index is 5.89. The molecule has 0 bridgehead atoms. The molecule has 2 aromatic rings. The van der Waals surface area contributed by atoms with Crippen LogP contribution in [0.5, 0.6) is 0 Å². The molecule has 0 fully saturated rings. The lowest BCUT2D eigenvalue weighted by Gasteiger charge is -2.04. The van der Waals surface area contributed by atoms with Crippen LogP contribution in [0.25, 0.3) is 22.2 Å². The Bertz CT molecular complexity index is 594. The number of rotatable bonds is 0. The van der Waals surface area contributed by atoms with Gasteiger partial charge in [0.2, 0.25) is 0 Å². The maximum absolute atomic E-state index is 5.89. The van der Waals surface area contributed by atoms with Gasteiger partial charge in [0.1, 0.15) is 0 Å². The Balaban J connectivity index is 2.52. The van der Waals surface area contributed by atoms with E-state index in [2.05, 4.69) is 36.4 Å². The van der Waals surface area contributed by atoms with Crippen molar-refractivity contribution in [2.45, 2.75) is 12.5 Å². The number of benzene rings is 1. The van der Waals surface area contributed by atoms with Crippen LogP contribution in [0.15, 0.2) is 24.3 Å². The van der Waals surface area contributed by atoms with Crippen LogP contribution < -0.4 is 15.5 Å². The fourth-order valence-electron chi connectivity index (χ4n) is 1.94. The van der Waals surface area contributed by atoms with Crippen molar-refractivity contribution < 1.29 is 0 Å². The molecule has 1 heterocycles. The molecule has 2 N–H and O–H groups in total. The number of thiophene rings is 1. The third kappa shape index (κ3) is 1.11. The quantitative estimate of drug-likeness (QED) is 0.681. The van der Waals surface area contributed by atoms with Gasteiger partial charge in [0, 0.05) is 15.3 Å². The predicted octanol–water partition coefficient (Wildman–Crippen LogP) is 1.19. The monoisotopic (exact) mass is 201 g/mol. The number of hydrogen-bond donors (Lipinski definition) is 1. The van der Waals surface area contributed by atoms with Crippen molar-refractivity contribution >= 4 is 33.6 Å². The molecule has 1 atom stereocenters. The van der Waals surface area contributed by atoms with E-state index in [0.717, 1.165) is 6.42 Å². The molecule has 1 aromatic heterocycles. The molecule has 0 saturated carbocycles. The molecular formula is C12H11NS. The van der Waals surface area contributed by atoms with Crippen LogP contribution in [0.3, 0.4) is 0 Å². The van der Waals surface area contributed by atoms with Crippen LogP contribution in [0.1, 0.15) is 6.42 Å². The van der Waals surface area contributed by atoms with E-state index < -0.39 is 0 Å². The highest BCUT2D eigenvalue weighted by molar-refractivity contribution is 7.17. The summed E-state index contributed by atoms with van der Waals surface area (Å²) in [7, 11) is 0. The first-order valence-electron chi connectivity index (χ1n) is 4.80. The molecule has 14 heavy (non-hydrogen) atoms. The first-order chi connectivity index (χ1) is 6.84. The van der Waals surface area contributed by atoms with E-state index in [1.807, 2.05) is 11.3 Å². The topological polar surface area (TPSA) is 26.0 Å². The Morgan fingerprint density at radius 1 is 1.29 bits per heavy atom. The fraction of sp³-hybridized carbons (Fsp3) is 0.167. The lowest BCUT2D eigenvalue weighted by atomic mass is 10.1. The summed E-state index contributed by atoms with van der Waals surface area (Å²) >= 11 is 1.84. The van der Waals surface area contributed by atoms with Gasteiger partial charge in [-0.05, 0) is 29.2 Å². The molecule has 0 amide bonds. The van der Waals surface area contributed by atoms with Crippen molar-refractivity contribution in [3.63, 3.8) is 0 Å². The third-order valence-corrected chi connectivity index (χ3v) is 3.77. The standard InChI is InChI=1S/C12H11NS/c13-8-5-6-10-9-3-1-2-4-11(9)14-12(10)7-8/h1-4,6-8H,5,13H2. The molecule has 1 nitrogen and oxygen atoms in total. The van der Waals surface area contributed by atoms with Crippen LogP contribution in [0, 0.1) is 0 Å². The van der Waals surface area contributed by atoms with Gasteiger partial charge in [-0.1, -0.05) is 24.3 Å². The largest absolute Gasteiger partial charge is 0.324 e. The number of hydrogen-bond acceptors (Lipinski definition) is 2. The van der Waals surface area contributed by atoms with E-state index in [4.69, 9.17) is 5.73 Å². The summed E-state index contributed by atoms with van der Waals surface area (Å²) < 4.78 is 2.70. The van der Waals surface area contributed by atoms with E-state index in [1.54, 1.807) is 0 Å². The zero-order valence-corrected chi connectivity index (χ0v) is 8.55. The van der Waals surface area contributed by atoms with Crippen LogP contribution in [0.2, 0.25) is 0 Å². The van der Waals surface area contributed by atoms with Gasteiger partial charge < -0.3 is 5.73 Å². The molecule has 0 aliphatic heterocycles. The van der Waals surface area contributed by atoms with Crippen molar-refractivity contribution in [2.24, 2.45) is 5.73 Å². The molecule has 70 valence electrons. The third-order valence-electron chi connectivity index (χ3n) is 2.62. The van der Waals surface area contributed by atoms with Gasteiger partial charge in [0.05, 0.1) is 0 Å². The second kappa shape index (κ2) is 2.94. The molecule has 2 heteroatoms. The summed E-state index contributed by atoms with van der Waals surface area (Å²) in [6.07, 6.45) is 5.41. The molecular weight excluding hydrogens is 190 g/mol. The molecule has 0 saturated heterocycles. The average Bonchev–Trinajstić information content (AvgIpc) is 2.54. The van der Waals surface area contributed by atoms with E-state index in [0.29, 0.717) is 0 Å². The van der Waals surface area contributed by atoms with Crippen molar-refractivity contribution in [3.8, 4) is 0 Å². The number of fused-ring (bicyclic) bond motifs is 3. The molecule has 1 aliphatic rings. The van der Waals surface area contributed by atoms with Gasteiger partial charge in [0.25, 0.3) is 0 Å². The normalized spacial score (nSPS) is 19.9. The minimum Gasteiger partial charge on any atom is -0.324 e. The van der Waals surface area contributed by atoms with E-state index in [-0.39, 0.29) is 6.04 Å². The summed E-state index contributed by atoms with van der Waals surface area (Å²) in [6, 6.07) is 8.75. The second-order valence-electron chi connectivity index (χ2n) is 3.65. The highest BCUT2D eigenvalue weighted by Gasteiger charge is 2.06. The lowest BCUT2D eigenvalue weighted by molar-refractivity contribution is 0.892. The van der Waals surface area contributed by atoms with Gasteiger partial charge in [0.15, 0.2) is 0 Å². The molecule has 1 aliphatic carbocycles. The first-order valence-corrected chi connectivity index (χ1v) is 5.61. The average molecular weight is 201 g/mol. The Morgan fingerprint density at radius 3 is 3.07 bits per heavy atom. The minimum absolute atomic E-state index is 0.204. The van der Waals surface area contributed by atoms with Crippen molar-refractivity contribution in [1.82, 2.24) is 0 Å². The first kappa shape index (κ1) is 8.21. The van der Waals surface area contributed by atoms with Crippen LogP contribution in [-0.2, 0) is 0 Å². The predicted molar refractivity (Wildman–Crippen MR) is 62.6 cm³/mol. The van der Waals surface area contributed by atoms with Crippen molar-refractivity contribution in [1.29, 1.82) is 0 Å². The molecule has 1 aromatic carbocycles. The van der Waals surface area contributed by atoms with Crippen molar-refractivity contribution in [3.05, 3.63) is 34.0 Å². The number of nitrogens with two attached hydrogens (primary N) is 1. The Hall–Kier alpha value is -1.12. The van der Waals surface area contributed by atoms with E-state index >= 15 is 0 Å². The van der Waals surface area contributed by atoms with Crippen molar-refractivity contribution in [2.75, 3.05) is 0 Å². The molecule has 0 spiro atoms. The van der Waals surface area contributed by atoms with Crippen LogP contribution in [-0.4, -0.2) is 6.04 Å². The summed E-state index contributed by atoms with van der Waals surface area (Å²) in [4.78, 5) is 0. The summed E-state index contributed by atoms with van der Waals surface area (Å²) in [5, 5.41) is 2.75. The van der Waals surface area contributed by atoms with Gasteiger partial charge in [-0.3, -0.25) is 0 Å². The van der Waals surface area contributed by atoms with Crippen LogP contribution in [0.4, 0.5) is 0 Å². The SMILES string of the molecule is NC1C=c2sc3ccccc3c2=CC1. The Labute approximate surface area is 86.2 Å². The molecule has 0 radical (unpaired) electrons. The van der Waals surface area contributed by atoms with Gasteiger partial charge >= 0.3 is 0 Å². The van der Waals surface area contributed by atoms with Gasteiger partial charge in [-0.2, -0.15) is 0 Å². The highest BCUT2D eigenvalue weighted by atomic mass is 32.1. The molecule has 3 rings (SSSR count). The highest BCUT2D eigenvalue weighted by Crippen LogP contribution is 2.13. The maximum Gasteiger partial charge on any atom is 0.0355 e. The molecule has 1 unspecified atom stereocenters. The Morgan fingerprint density at radius 2 is 2.14 bits per heavy atom. The smallest absolute Gasteiger partial charge is 0.0355 e. The van der Waals surface area contributed by atoms with E-state index in [1.165, 1.54) is 19.8 Å². The van der Waals surface area contributed by atoms with E-state index in [9.17, 15) is 0 Å². The second-order valence-corrected chi connectivity index (χ2v) is 4.73. The lowest BCUT2D eigenvalue weighted by Crippen LogP contribution is -2.30.